The summed E-state index contributed by atoms with van der Waals surface area (Å²) >= 11 is 0. The fourth-order valence-corrected chi connectivity index (χ4v) is 7.58. The van der Waals surface area contributed by atoms with Crippen LogP contribution in [0.15, 0.2) is 152 Å². The van der Waals surface area contributed by atoms with Gasteiger partial charge in [0, 0.05) is 0 Å². The largest absolute Gasteiger partial charge is 0.0648 e. The maximum Gasteiger partial charge on any atom is -0.00928 e. The molecule has 0 amide bonds. The van der Waals surface area contributed by atoms with Crippen LogP contribution in [0.2, 0.25) is 0 Å². The molecule has 0 bridgehead atoms. The van der Waals surface area contributed by atoms with Gasteiger partial charge in [0.25, 0.3) is 0 Å². The molecule has 0 aliphatic heterocycles. The lowest BCUT2D eigenvalue weighted by Crippen LogP contribution is -1.97. The molecule has 0 radical (unpaired) electrons. The Hall–Kier alpha value is -5.20. The van der Waals surface area contributed by atoms with Gasteiger partial charge in [-0.2, -0.15) is 0 Å². The van der Waals surface area contributed by atoms with Crippen LogP contribution in [0.25, 0.3) is 76.5 Å². The Labute approximate surface area is 265 Å². The lowest BCUT2D eigenvalue weighted by molar-refractivity contribution is 0.646. The van der Waals surface area contributed by atoms with Crippen LogP contribution in [0.4, 0.5) is 0 Å². The summed E-state index contributed by atoms with van der Waals surface area (Å²) in [4.78, 5) is 0. The lowest BCUT2D eigenvalue weighted by atomic mass is 9.86. The zero-order chi connectivity index (χ0) is 30.3. The van der Waals surface area contributed by atoms with E-state index in [1.165, 1.54) is 82.0 Å². The monoisotopic (exact) mass is 576 g/mol. The number of benzene rings is 8. The summed E-state index contributed by atoms with van der Waals surface area (Å²) in [5.41, 5.74) is 9.09. The molecule has 0 heterocycles. The second kappa shape index (κ2) is 11.4. The van der Waals surface area contributed by atoms with Crippen molar-refractivity contribution >= 4 is 43.1 Å². The van der Waals surface area contributed by atoms with E-state index in [4.69, 9.17) is 0 Å². The lowest BCUT2D eigenvalue weighted by Gasteiger charge is -2.18. The maximum absolute atomic E-state index is 2.38. The second-order valence-electron chi connectivity index (χ2n) is 12.2. The summed E-state index contributed by atoms with van der Waals surface area (Å²) < 4.78 is 0. The molecule has 0 fully saturated rings. The van der Waals surface area contributed by atoms with Crippen molar-refractivity contribution in [1.82, 2.24) is 0 Å². The Morgan fingerprint density at radius 2 is 0.822 bits per heavy atom. The van der Waals surface area contributed by atoms with E-state index in [0.29, 0.717) is 5.92 Å². The molecular formula is C45H36. The van der Waals surface area contributed by atoms with E-state index in [0.717, 1.165) is 12.8 Å². The van der Waals surface area contributed by atoms with Gasteiger partial charge in [0.05, 0.1) is 0 Å². The fraction of sp³-hybridized carbons (Fsp3) is 0.111. The minimum absolute atomic E-state index is 0.583. The topological polar surface area (TPSA) is 0 Å². The summed E-state index contributed by atoms with van der Waals surface area (Å²) in [5.74, 6) is 0.583. The zero-order valence-corrected chi connectivity index (χ0v) is 25.9. The van der Waals surface area contributed by atoms with Crippen molar-refractivity contribution in [3.63, 3.8) is 0 Å². The summed E-state index contributed by atoms with van der Waals surface area (Å²) in [5, 5.41) is 10.4. The van der Waals surface area contributed by atoms with Crippen LogP contribution < -0.4 is 0 Å². The highest BCUT2D eigenvalue weighted by atomic mass is 14.2. The van der Waals surface area contributed by atoms with Crippen LogP contribution in [0.5, 0.6) is 0 Å². The first-order valence-electron chi connectivity index (χ1n) is 16.3. The van der Waals surface area contributed by atoms with Gasteiger partial charge < -0.3 is 0 Å². The van der Waals surface area contributed by atoms with Crippen molar-refractivity contribution in [2.24, 2.45) is 0 Å². The average Bonchev–Trinajstić information content (AvgIpc) is 3.11. The van der Waals surface area contributed by atoms with E-state index in [-0.39, 0.29) is 0 Å². The van der Waals surface area contributed by atoms with Crippen molar-refractivity contribution in [3.05, 3.63) is 157 Å². The van der Waals surface area contributed by atoms with E-state index >= 15 is 0 Å². The van der Waals surface area contributed by atoms with Crippen LogP contribution in [-0.2, 0) is 0 Å². The fourth-order valence-electron chi connectivity index (χ4n) is 7.58. The average molecular weight is 577 g/mol. The SMILES string of the molecule is CCC(CC)c1ccc(-c2cccc(-c3ccc(-c4cc5ccccc5c5ccccc45)c4ccccc34)c2)c2ccccc12. The van der Waals surface area contributed by atoms with Gasteiger partial charge in [0.2, 0.25) is 0 Å². The van der Waals surface area contributed by atoms with Crippen molar-refractivity contribution in [2.45, 2.75) is 32.6 Å². The van der Waals surface area contributed by atoms with Gasteiger partial charge in [-0.15, -0.1) is 0 Å². The smallest absolute Gasteiger partial charge is 0.00928 e. The van der Waals surface area contributed by atoms with Crippen LogP contribution in [0, 0.1) is 0 Å². The van der Waals surface area contributed by atoms with E-state index < -0.39 is 0 Å². The first-order chi connectivity index (χ1) is 22.2. The molecular weight excluding hydrogens is 540 g/mol. The second-order valence-corrected chi connectivity index (χ2v) is 12.2. The molecule has 0 unspecified atom stereocenters. The molecule has 8 rings (SSSR count). The van der Waals surface area contributed by atoms with Crippen molar-refractivity contribution in [1.29, 1.82) is 0 Å². The standard InChI is InChI=1S/C45H36/c1-3-30(4-2)35-24-25-36(40-20-8-7-19-39(35)40)31-15-13-16-32(28-31)37-26-27-44(42-22-11-9-21-41(37)42)45-29-33-14-5-6-17-34(33)38-18-10-12-23-43(38)45/h5-30H,3-4H2,1-2H3. The molecule has 0 saturated heterocycles. The van der Waals surface area contributed by atoms with E-state index in [1.807, 2.05) is 0 Å². The molecule has 0 aliphatic carbocycles. The quantitative estimate of drug-likeness (QED) is 0.173. The molecule has 0 aromatic heterocycles. The number of rotatable bonds is 6. The molecule has 8 aromatic rings. The van der Waals surface area contributed by atoms with Gasteiger partial charge in [0.1, 0.15) is 0 Å². The van der Waals surface area contributed by atoms with Crippen LogP contribution in [0.1, 0.15) is 38.2 Å². The minimum Gasteiger partial charge on any atom is -0.0648 e. The highest BCUT2D eigenvalue weighted by Crippen LogP contribution is 2.42. The summed E-state index contributed by atoms with van der Waals surface area (Å²) in [6, 6.07) is 56.3. The highest BCUT2D eigenvalue weighted by molar-refractivity contribution is 6.17. The van der Waals surface area contributed by atoms with Gasteiger partial charge in [-0.25, -0.2) is 0 Å². The molecule has 0 aliphatic rings. The minimum atomic E-state index is 0.583. The van der Waals surface area contributed by atoms with Crippen molar-refractivity contribution < 1.29 is 0 Å². The molecule has 0 spiro atoms. The number of hydrogen-bond acceptors (Lipinski definition) is 0. The van der Waals surface area contributed by atoms with Gasteiger partial charge in [-0.05, 0) is 113 Å². The number of fused-ring (bicyclic) bond motifs is 5. The predicted octanol–water partition coefficient (Wildman–Crippen LogP) is 13.2. The van der Waals surface area contributed by atoms with Crippen molar-refractivity contribution in [3.8, 4) is 33.4 Å². The van der Waals surface area contributed by atoms with Gasteiger partial charge in [-0.1, -0.05) is 153 Å². The van der Waals surface area contributed by atoms with Crippen LogP contribution in [0.3, 0.4) is 0 Å². The molecule has 0 heteroatoms. The molecule has 45 heavy (non-hydrogen) atoms. The summed E-state index contributed by atoms with van der Waals surface area (Å²) in [6.45, 7) is 4.61. The third-order valence-corrected chi connectivity index (χ3v) is 9.85. The molecule has 0 atom stereocenters. The Balaban J connectivity index is 1.30. The predicted molar refractivity (Wildman–Crippen MR) is 196 cm³/mol. The third kappa shape index (κ3) is 4.61. The zero-order valence-electron chi connectivity index (χ0n) is 25.9. The molecule has 216 valence electrons. The van der Waals surface area contributed by atoms with E-state index in [9.17, 15) is 0 Å². The van der Waals surface area contributed by atoms with Crippen LogP contribution in [-0.4, -0.2) is 0 Å². The van der Waals surface area contributed by atoms with Gasteiger partial charge >= 0.3 is 0 Å². The maximum atomic E-state index is 2.38. The molecule has 0 saturated carbocycles. The number of hydrogen-bond donors (Lipinski definition) is 0. The normalized spacial score (nSPS) is 11.7. The Kier molecular flexibility index (Phi) is 6.92. The van der Waals surface area contributed by atoms with Crippen molar-refractivity contribution in [2.75, 3.05) is 0 Å². The summed E-state index contributed by atoms with van der Waals surface area (Å²) in [7, 11) is 0. The molecule has 8 aromatic carbocycles. The summed E-state index contributed by atoms with van der Waals surface area (Å²) in [6.07, 6.45) is 2.32. The van der Waals surface area contributed by atoms with Crippen LogP contribution >= 0.6 is 0 Å². The van der Waals surface area contributed by atoms with E-state index in [1.54, 1.807) is 0 Å². The first kappa shape index (κ1) is 27.4. The highest BCUT2D eigenvalue weighted by Gasteiger charge is 2.16. The first-order valence-corrected chi connectivity index (χ1v) is 16.3. The van der Waals surface area contributed by atoms with Gasteiger partial charge in [0.15, 0.2) is 0 Å². The van der Waals surface area contributed by atoms with E-state index in [2.05, 4.69) is 166 Å². The Morgan fingerprint density at radius 3 is 1.47 bits per heavy atom. The Bertz CT molecular complexity index is 2350. The molecule has 0 N–H and O–H groups in total. The third-order valence-electron chi connectivity index (χ3n) is 9.85. The molecule has 0 nitrogen and oxygen atoms in total. The van der Waals surface area contributed by atoms with Gasteiger partial charge in [-0.3, -0.25) is 0 Å². The Morgan fingerprint density at radius 1 is 0.356 bits per heavy atom.